The maximum absolute atomic E-state index is 12.2. The van der Waals surface area contributed by atoms with Gasteiger partial charge in [0.1, 0.15) is 0 Å². The third-order valence-electron chi connectivity index (χ3n) is 4.20. The highest BCUT2D eigenvalue weighted by molar-refractivity contribution is 7.07. The van der Waals surface area contributed by atoms with Crippen LogP contribution in [0, 0.1) is 0 Å². The lowest BCUT2D eigenvalue weighted by Gasteiger charge is -2.16. The molecule has 5 heteroatoms. The van der Waals surface area contributed by atoms with Crippen molar-refractivity contribution in [2.75, 3.05) is 18.0 Å². The Kier molecular flexibility index (Phi) is 4.76. The fourth-order valence-corrected chi connectivity index (χ4v) is 3.52. The summed E-state index contributed by atoms with van der Waals surface area (Å²) in [6, 6.07) is 9.35. The number of nitrogens with zero attached hydrogens (tertiary/aromatic N) is 1. The number of nitrogens with one attached hydrogen (secondary N) is 1. The lowest BCUT2D eigenvalue weighted by atomic mass is 10.1. The summed E-state index contributed by atoms with van der Waals surface area (Å²) in [4.78, 5) is 25.7. The van der Waals surface area contributed by atoms with Crippen molar-refractivity contribution < 1.29 is 9.59 Å². The molecule has 0 radical (unpaired) electrons. The first-order chi connectivity index (χ1) is 11.1. The second-order valence-corrected chi connectivity index (χ2v) is 6.64. The molecule has 1 fully saturated rings. The summed E-state index contributed by atoms with van der Waals surface area (Å²) in [5.74, 6) is 0.380. The van der Waals surface area contributed by atoms with Gasteiger partial charge in [-0.25, -0.2) is 0 Å². The van der Waals surface area contributed by atoms with Crippen molar-refractivity contribution in [3.8, 4) is 0 Å². The maximum Gasteiger partial charge on any atom is 0.251 e. The van der Waals surface area contributed by atoms with Crippen molar-refractivity contribution in [1.29, 1.82) is 0 Å². The minimum atomic E-state index is -0.0774. The van der Waals surface area contributed by atoms with Crippen LogP contribution in [0.25, 0.3) is 0 Å². The largest absolute Gasteiger partial charge is 0.351 e. The molecule has 2 heterocycles. The van der Waals surface area contributed by atoms with Gasteiger partial charge in [0.2, 0.25) is 5.91 Å². The lowest BCUT2D eigenvalue weighted by Crippen LogP contribution is -2.27. The van der Waals surface area contributed by atoms with Crippen LogP contribution in [0.2, 0.25) is 0 Å². The average Bonchev–Trinajstić information content (AvgIpc) is 3.24. The van der Waals surface area contributed by atoms with Crippen molar-refractivity contribution >= 4 is 28.8 Å². The van der Waals surface area contributed by atoms with E-state index in [1.165, 1.54) is 5.56 Å². The number of amides is 2. The molecule has 0 bridgehead atoms. The molecule has 120 valence electrons. The van der Waals surface area contributed by atoms with Gasteiger partial charge in [-0.05, 0) is 59.0 Å². The molecule has 3 rings (SSSR count). The first-order valence-electron chi connectivity index (χ1n) is 7.86. The van der Waals surface area contributed by atoms with Crippen LogP contribution in [-0.4, -0.2) is 24.9 Å². The standard InChI is InChI=1S/C18H20N2O2S/c1-13(15-8-10-23-12-15)11-19-18(22)14-4-6-16(7-5-14)20-9-2-3-17(20)21/h4-8,10,12-13H,2-3,9,11H2,1H3,(H,19,22). The predicted octanol–water partition coefficient (Wildman–Crippen LogP) is 3.41. The number of benzene rings is 1. The summed E-state index contributed by atoms with van der Waals surface area (Å²) >= 11 is 1.67. The van der Waals surface area contributed by atoms with Crippen molar-refractivity contribution in [3.63, 3.8) is 0 Å². The molecule has 0 saturated carbocycles. The fraction of sp³-hybridized carbons (Fsp3) is 0.333. The third kappa shape index (κ3) is 3.62. The molecule has 0 aliphatic carbocycles. The van der Waals surface area contributed by atoms with Gasteiger partial charge in [-0.1, -0.05) is 6.92 Å². The van der Waals surface area contributed by atoms with Crippen LogP contribution in [0.1, 0.15) is 41.6 Å². The zero-order valence-electron chi connectivity index (χ0n) is 13.1. The van der Waals surface area contributed by atoms with Crippen molar-refractivity contribution in [2.24, 2.45) is 0 Å². The van der Waals surface area contributed by atoms with E-state index in [4.69, 9.17) is 0 Å². The van der Waals surface area contributed by atoms with E-state index in [1.807, 2.05) is 17.5 Å². The molecule has 2 amide bonds. The summed E-state index contributed by atoms with van der Waals surface area (Å²) < 4.78 is 0. The molecule has 1 aromatic heterocycles. The van der Waals surface area contributed by atoms with Crippen LogP contribution in [0.3, 0.4) is 0 Å². The summed E-state index contributed by atoms with van der Waals surface area (Å²) in [6.07, 6.45) is 1.52. The van der Waals surface area contributed by atoms with E-state index in [2.05, 4.69) is 23.7 Å². The lowest BCUT2D eigenvalue weighted by molar-refractivity contribution is -0.117. The van der Waals surface area contributed by atoms with Gasteiger partial charge in [-0.3, -0.25) is 9.59 Å². The molecule has 2 aromatic rings. The Morgan fingerprint density at radius 2 is 2.09 bits per heavy atom. The summed E-state index contributed by atoms with van der Waals surface area (Å²) in [6.45, 7) is 3.48. The van der Waals surface area contributed by atoms with E-state index >= 15 is 0 Å². The summed E-state index contributed by atoms with van der Waals surface area (Å²) in [7, 11) is 0. The Hall–Kier alpha value is -2.14. The zero-order valence-corrected chi connectivity index (χ0v) is 13.9. The molecule has 1 saturated heterocycles. The normalized spacial score (nSPS) is 15.7. The SMILES string of the molecule is CC(CNC(=O)c1ccc(N2CCCC2=O)cc1)c1ccsc1. The minimum absolute atomic E-state index is 0.0774. The van der Waals surface area contributed by atoms with Gasteiger partial charge >= 0.3 is 0 Å². The number of rotatable bonds is 5. The summed E-state index contributed by atoms with van der Waals surface area (Å²) in [5, 5.41) is 7.13. The van der Waals surface area contributed by atoms with Crippen LogP contribution in [0.15, 0.2) is 41.1 Å². The first kappa shape index (κ1) is 15.7. The van der Waals surface area contributed by atoms with Gasteiger partial charge in [-0.15, -0.1) is 0 Å². The highest BCUT2D eigenvalue weighted by Crippen LogP contribution is 2.22. The van der Waals surface area contributed by atoms with Gasteiger partial charge in [-0.2, -0.15) is 11.3 Å². The van der Waals surface area contributed by atoms with E-state index in [9.17, 15) is 9.59 Å². The van der Waals surface area contributed by atoms with E-state index in [-0.39, 0.29) is 11.8 Å². The Bertz CT molecular complexity index is 680. The molecular weight excluding hydrogens is 308 g/mol. The Balaban J connectivity index is 1.58. The molecule has 1 aliphatic rings. The topological polar surface area (TPSA) is 49.4 Å². The number of hydrogen-bond acceptors (Lipinski definition) is 3. The third-order valence-corrected chi connectivity index (χ3v) is 4.90. The van der Waals surface area contributed by atoms with Crippen LogP contribution in [0.4, 0.5) is 5.69 Å². The van der Waals surface area contributed by atoms with E-state index in [1.54, 1.807) is 28.4 Å². The van der Waals surface area contributed by atoms with Gasteiger partial charge in [0.15, 0.2) is 0 Å². The smallest absolute Gasteiger partial charge is 0.251 e. The van der Waals surface area contributed by atoms with Gasteiger partial charge < -0.3 is 10.2 Å². The molecule has 1 atom stereocenters. The van der Waals surface area contributed by atoms with Gasteiger partial charge in [0.25, 0.3) is 5.91 Å². The van der Waals surface area contributed by atoms with Crippen LogP contribution < -0.4 is 10.2 Å². The van der Waals surface area contributed by atoms with Crippen LogP contribution in [0.5, 0.6) is 0 Å². The van der Waals surface area contributed by atoms with E-state index < -0.39 is 0 Å². The van der Waals surface area contributed by atoms with Gasteiger partial charge in [0, 0.05) is 30.8 Å². The monoisotopic (exact) mass is 328 g/mol. The molecule has 4 nitrogen and oxygen atoms in total. The number of hydrogen-bond donors (Lipinski definition) is 1. The molecule has 1 aromatic carbocycles. The number of thiophene rings is 1. The first-order valence-corrected chi connectivity index (χ1v) is 8.80. The number of carbonyl (C=O) groups excluding carboxylic acids is 2. The molecule has 0 spiro atoms. The number of carbonyl (C=O) groups is 2. The quantitative estimate of drug-likeness (QED) is 0.914. The van der Waals surface area contributed by atoms with E-state index in [0.717, 1.165) is 18.7 Å². The Morgan fingerprint density at radius 1 is 1.30 bits per heavy atom. The Morgan fingerprint density at radius 3 is 2.70 bits per heavy atom. The highest BCUT2D eigenvalue weighted by Gasteiger charge is 2.21. The highest BCUT2D eigenvalue weighted by atomic mass is 32.1. The number of anilines is 1. The average molecular weight is 328 g/mol. The van der Waals surface area contributed by atoms with E-state index in [0.29, 0.717) is 24.4 Å². The molecule has 23 heavy (non-hydrogen) atoms. The maximum atomic E-state index is 12.2. The Labute approximate surface area is 140 Å². The predicted molar refractivity (Wildman–Crippen MR) is 93.1 cm³/mol. The van der Waals surface area contributed by atoms with Crippen LogP contribution >= 0.6 is 11.3 Å². The summed E-state index contributed by atoms with van der Waals surface area (Å²) in [5.41, 5.74) is 2.74. The second-order valence-electron chi connectivity index (χ2n) is 5.86. The molecule has 1 N–H and O–H groups in total. The van der Waals surface area contributed by atoms with Crippen molar-refractivity contribution in [2.45, 2.75) is 25.7 Å². The minimum Gasteiger partial charge on any atom is -0.351 e. The molecule has 1 aliphatic heterocycles. The molecular formula is C18H20N2O2S. The van der Waals surface area contributed by atoms with Crippen molar-refractivity contribution in [3.05, 3.63) is 52.2 Å². The van der Waals surface area contributed by atoms with Crippen molar-refractivity contribution in [1.82, 2.24) is 5.32 Å². The molecule has 1 unspecified atom stereocenters. The van der Waals surface area contributed by atoms with Crippen LogP contribution in [-0.2, 0) is 4.79 Å². The second kappa shape index (κ2) is 6.96. The van der Waals surface area contributed by atoms with Gasteiger partial charge in [0.05, 0.1) is 0 Å². The fourth-order valence-electron chi connectivity index (χ4n) is 2.74. The zero-order chi connectivity index (χ0) is 16.2.